The molecule has 0 spiro atoms. The highest BCUT2D eigenvalue weighted by Crippen LogP contribution is 2.38. The number of ether oxygens (including phenoxy) is 2. The maximum Gasteiger partial charge on any atom is 0.411 e. The van der Waals surface area contributed by atoms with Gasteiger partial charge >= 0.3 is 6.09 Å². The standard InChI is InChI=1S/C19H27ClN2O4/c1-13-14(21-17(23)19(2)10-6-5-7-11-19)8-9-15(16(13)20)26-12-22(3)18(24)25-4/h8-9H,5-7,10-12H2,1-4H3,(H,21,23). The third-order valence-corrected chi connectivity index (χ3v) is 5.47. The number of methoxy groups -OCH3 is 1. The molecule has 1 N–H and O–H groups in total. The molecular weight excluding hydrogens is 356 g/mol. The Hall–Kier alpha value is -1.95. The van der Waals surface area contributed by atoms with Crippen LogP contribution in [0.15, 0.2) is 12.1 Å². The Morgan fingerprint density at radius 2 is 1.92 bits per heavy atom. The van der Waals surface area contributed by atoms with Gasteiger partial charge in [-0.3, -0.25) is 9.69 Å². The quantitative estimate of drug-likeness (QED) is 0.756. The van der Waals surface area contributed by atoms with Crippen LogP contribution in [0.3, 0.4) is 0 Å². The zero-order valence-corrected chi connectivity index (χ0v) is 16.6. The highest BCUT2D eigenvalue weighted by molar-refractivity contribution is 6.33. The molecule has 26 heavy (non-hydrogen) atoms. The van der Waals surface area contributed by atoms with E-state index in [2.05, 4.69) is 10.1 Å². The van der Waals surface area contributed by atoms with Gasteiger partial charge in [-0.15, -0.1) is 0 Å². The second-order valence-electron chi connectivity index (χ2n) is 7.07. The molecule has 1 aliphatic carbocycles. The topological polar surface area (TPSA) is 67.9 Å². The van der Waals surface area contributed by atoms with Crippen LogP contribution in [0.4, 0.5) is 10.5 Å². The smallest absolute Gasteiger partial charge is 0.411 e. The maximum atomic E-state index is 12.7. The Bertz CT molecular complexity index is 672. The lowest BCUT2D eigenvalue weighted by Gasteiger charge is -2.32. The average molecular weight is 383 g/mol. The van der Waals surface area contributed by atoms with Gasteiger partial charge in [-0.2, -0.15) is 0 Å². The molecule has 7 heteroatoms. The van der Waals surface area contributed by atoms with Gasteiger partial charge in [-0.05, 0) is 37.5 Å². The number of nitrogens with zero attached hydrogens (tertiary/aromatic N) is 1. The summed E-state index contributed by atoms with van der Waals surface area (Å²) in [6, 6.07) is 3.47. The van der Waals surface area contributed by atoms with Gasteiger partial charge in [0, 0.05) is 18.2 Å². The number of carbonyl (C=O) groups is 2. The summed E-state index contributed by atoms with van der Waals surface area (Å²) in [6.07, 6.45) is 4.69. The summed E-state index contributed by atoms with van der Waals surface area (Å²) >= 11 is 6.39. The van der Waals surface area contributed by atoms with E-state index in [1.165, 1.54) is 18.4 Å². The first-order chi connectivity index (χ1) is 12.3. The number of hydrogen-bond acceptors (Lipinski definition) is 4. The Kier molecular flexibility index (Phi) is 6.75. The molecule has 1 aliphatic rings. The van der Waals surface area contributed by atoms with Crippen LogP contribution in [0, 0.1) is 12.3 Å². The summed E-state index contributed by atoms with van der Waals surface area (Å²) in [6.45, 7) is 3.87. The molecule has 1 aromatic carbocycles. The first-order valence-corrected chi connectivity index (χ1v) is 9.19. The van der Waals surface area contributed by atoms with E-state index in [1.807, 2.05) is 13.8 Å². The normalized spacial score (nSPS) is 15.9. The molecule has 1 aromatic rings. The second-order valence-corrected chi connectivity index (χ2v) is 7.45. The largest absolute Gasteiger partial charge is 0.471 e. The summed E-state index contributed by atoms with van der Waals surface area (Å²) in [5.74, 6) is 0.484. The first-order valence-electron chi connectivity index (χ1n) is 8.81. The summed E-state index contributed by atoms with van der Waals surface area (Å²) in [4.78, 5) is 25.4. The third kappa shape index (κ3) is 4.61. The highest BCUT2D eigenvalue weighted by Gasteiger charge is 2.34. The van der Waals surface area contributed by atoms with Gasteiger partial charge in [-0.25, -0.2) is 4.79 Å². The van der Waals surface area contributed by atoms with Crippen LogP contribution in [0.25, 0.3) is 0 Å². The van der Waals surface area contributed by atoms with Crippen molar-refractivity contribution in [2.75, 3.05) is 26.2 Å². The Balaban J connectivity index is 2.06. The van der Waals surface area contributed by atoms with Crippen LogP contribution >= 0.6 is 11.6 Å². The van der Waals surface area contributed by atoms with Crippen LogP contribution in [-0.2, 0) is 9.53 Å². The van der Waals surface area contributed by atoms with E-state index >= 15 is 0 Å². The zero-order chi connectivity index (χ0) is 19.3. The lowest BCUT2D eigenvalue weighted by Crippen LogP contribution is -2.35. The van der Waals surface area contributed by atoms with Gasteiger partial charge in [0.1, 0.15) is 5.75 Å². The van der Waals surface area contributed by atoms with E-state index in [1.54, 1.807) is 19.2 Å². The molecule has 0 bridgehead atoms. The van der Waals surface area contributed by atoms with Gasteiger partial charge in [0.05, 0.1) is 12.1 Å². The van der Waals surface area contributed by atoms with Crippen LogP contribution in [-0.4, -0.2) is 37.8 Å². The Morgan fingerprint density at radius 3 is 2.54 bits per heavy atom. The highest BCUT2D eigenvalue weighted by atomic mass is 35.5. The lowest BCUT2D eigenvalue weighted by molar-refractivity contribution is -0.126. The summed E-state index contributed by atoms with van der Waals surface area (Å²) in [5, 5.41) is 3.43. The van der Waals surface area contributed by atoms with Gasteiger partial charge in [0.15, 0.2) is 6.73 Å². The number of anilines is 1. The molecule has 0 aromatic heterocycles. The first kappa shape index (κ1) is 20.4. The van der Waals surface area contributed by atoms with Gasteiger partial charge in [0.2, 0.25) is 5.91 Å². The van der Waals surface area contributed by atoms with Crippen molar-refractivity contribution in [2.24, 2.45) is 5.41 Å². The minimum absolute atomic E-state index is 0.00953. The molecule has 0 atom stereocenters. The van der Waals surface area contributed by atoms with E-state index in [9.17, 15) is 9.59 Å². The number of amides is 2. The van der Waals surface area contributed by atoms with Crippen LogP contribution < -0.4 is 10.1 Å². The Morgan fingerprint density at radius 1 is 1.27 bits per heavy atom. The molecule has 0 aliphatic heterocycles. The maximum absolute atomic E-state index is 12.7. The van der Waals surface area contributed by atoms with Gasteiger partial charge in [-0.1, -0.05) is 37.8 Å². The van der Waals surface area contributed by atoms with Crippen molar-refractivity contribution in [1.82, 2.24) is 4.90 Å². The van der Waals surface area contributed by atoms with E-state index < -0.39 is 6.09 Å². The lowest BCUT2D eigenvalue weighted by atomic mass is 9.75. The fourth-order valence-electron chi connectivity index (χ4n) is 3.11. The number of benzene rings is 1. The van der Waals surface area contributed by atoms with E-state index in [0.717, 1.165) is 31.2 Å². The minimum Gasteiger partial charge on any atom is -0.471 e. The number of rotatable bonds is 5. The van der Waals surface area contributed by atoms with Crippen molar-refractivity contribution in [3.05, 3.63) is 22.7 Å². The van der Waals surface area contributed by atoms with Crippen molar-refractivity contribution in [1.29, 1.82) is 0 Å². The molecule has 2 amide bonds. The third-order valence-electron chi connectivity index (χ3n) is 5.00. The molecule has 0 radical (unpaired) electrons. The van der Waals surface area contributed by atoms with Crippen molar-refractivity contribution in [3.8, 4) is 5.75 Å². The van der Waals surface area contributed by atoms with Crippen molar-refractivity contribution in [3.63, 3.8) is 0 Å². The molecule has 0 heterocycles. The average Bonchev–Trinajstić information content (AvgIpc) is 2.64. The molecule has 1 fully saturated rings. The number of carbonyl (C=O) groups excluding carboxylic acids is 2. The number of nitrogens with one attached hydrogen (secondary N) is 1. The summed E-state index contributed by atoms with van der Waals surface area (Å²) in [5.41, 5.74) is 1.09. The molecule has 2 rings (SSSR count). The molecule has 0 saturated heterocycles. The van der Waals surface area contributed by atoms with Crippen LogP contribution in [0.2, 0.25) is 5.02 Å². The van der Waals surface area contributed by atoms with Crippen molar-refractivity contribution < 1.29 is 19.1 Å². The Labute approximate surface area is 159 Å². The van der Waals surface area contributed by atoms with Crippen molar-refractivity contribution >= 4 is 29.3 Å². The molecular formula is C19H27ClN2O4. The van der Waals surface area contributed by atoms with E-state index in [4.69, 9.17) is 16.3 Å². The fraction of sp³-hybridized carbons (Fsp3) is 0.579. The molecule has 144 valence electrons. The predicted octanol–water partition coefficient (Wildman–Crippen LogP) is 4.59. The minimum atomic E-state index is -0.498. The number of hydrogen-bond donors (Lipinski definition) is 1. The molecule has 0 unspecified atom stereocenters. The fourth-order valence-corrected chi connectivity index (χ4v) is 3.33. The van der Waals surface area contributed by atoms with E-state index in [-0.39, 0.29) is 18.1 Å². The van der Waals surface area contributed by atoms with Crippen LogP contribution in [0.5, 0.6) is 5.75 Å². The zero-order valence-electron chi connectivity index (χ0n) is 15.9. The molecule has 6 nitrogen and oxygen atoms in total. The summed E-state index contributed by atoms with van der Waals surface area (Å²) in [7, 11) is 2.87. The SMILES string of the molecule is COC(=O)N(C)COc1ccc(NC(=O)C2(C)CCCCC2)c(C)c1Cl. The monoisotopic (exact) mass is 382 g/mol. The number of halogens is 1. The van der Waals surface area contributed by atoms with E-state index in [0.29, 0.717) is 16.5 Å². The summed E-state index contributed by atoms with van der Waals surface area (Å²) < 4.78 is 10.2. The van der Waals surface area contributed by atoms with Gasteiger partial charge < -0.3 is 14.8 Å². The molecule has 1 saturated carbocycles. The van der Waals surface area contributed by atoms with Crippen molar-refractivity contribution in [2.45, 2.75) is 46.0 Å². The predicted molar refractivity (Wildman–Crippen MR) is 102 cm³/mol. The second kappa shape index (κ2) is 8.62. The van der Waals surface area contributed by atoms with Gasteiger partial charge in [0.25, 0.3) is 0 Å². The van der Waals surface area contributed by atoms with Crippen LogP contribution in [0.1, 0.15) is 44.6 Å².